The standard InChI is InChI=1S/C9H9N5O3S/c1-13-7(16)2-3-14(9(13)17)4-6(15)11-8-12-10-5-18-8/h2-3,5H,4H2,1H3,(H,11,12,15). The van der Waals surface area contributed by atoms with Crippen LogP contribution in [0.5, 0.6) is 0 Å². The van der Waals surface area contributed by atoms with Gasteiger partial charge >= 0.3 is 5.69 Å². The van der Waals surface area contributed by atoms with Crippen LogP contribution in [-0.4, -0.2) is 25.2 Å². The molecule has 18 heavy (non-hydrogen) atoms. The molecule has 2 aromatic heterocycles. The van der Waals surface area contributed by atoms with E-state index in [-0.39, 0.29) is 6.54 Å². The molecule has 94 valence electrons. The van der Waals surface area contributed by atoms with E-state index in [2.05, 4.69) is 15.5 Å². The quantitative estimate of drug-likeness (QED) is 0.772. The fourth-order valence-corrected chi connectivity index (χ4v) is 1.74. The summed E-state index contributed by atoms with van der Waals surface area (Å²) in [5.41, 5.74) is 0.518. The van der Waals surface area contributed by atoms with Gasteiger partial charge in [-0.05, 0) is 0 Å². The van der Waals surface area contributed by atoms with Gasteiger partial charge in [-0.3, -0.25) is 24.0 Å². The molecule has 2 rings (SSSR count). The van der Waals surface area contributed by atoms with Crippen LogP contribution in [0.4, 0.5) is 5.13 Å². The lowest BCUT2D eigenvalue weighted by Crippen LogP contribution is -2.38. The number of carbonyl (C=O) groups excluding carboxylic acids is 1. The van der Waals surface area contributed by atoms with Crippen LogP contribution < -0.4 is 16.6 Å². The first-order valence-corrected chi connectivity index (χ1v) is 5.78. The van der Waals surface area contributed by atoms with Crippen molar-refractivity contribution in [1.29, 1.82) is 0 Å². The second-order valence-corrected chi connectivity index (χ2v) is 4.25. The van der Waals surface area contributed by atoms with Gasteiger partial charge in [-0.1, -0.05) is 11.3 Å². The molecule has 0 aliphatic carbocycles. The van der Waals surface area contributed by atoms with Gasteiger partial charge in [0.05, 0.1) is 0 Å². The second kappa shape index (κ2) is 4.92. The molecular weight excluding hydrogens is 258 g/mol. The molecule has 0 aliphatic rings. The van der Waals surface area contributed by atoms with Gasteiger partial charge in [-0.2, -0.15) is 0 Å². The van der Waals surface area contributed by atoms with Crippen LogP contribution in [0.2, 0.25) is 0 Å². The van der Waals surface area contributed by atoms with Gasteiger partial charge in [0.2, 0.25) is 11.0 Å². The van der Waals surface area contributed by atoms with Crippen LogP contribution in [0.3, 0.4) is 0 Å². The van der Waals surface area contributed by atoms with E-state index in [1.165, 1.54) is 36.2 Å². The average Bonchev–Trinajstić information content (AvgIpc) is 2.83. The van der Waals surface area contributed by atoms with Gasteiger partial charge in [0, 0.05) is 19.3 Å². The minimum atomic E-state index is -0.546. The van der Waals surface area contributed by atoms with Crippen molar-refractivity contribution >= 4 is 22.4 Å². The van der Waals surface area contributed by atoms with Crippen LogP contribution in [0.15, 0.2) is 27.4 Å². The van der Waals surface area contributed by atoms with E-state index < -0.39 is 17.2 Å². The van der Waals surface area contributed by atoms with Crippen LogP contribution in [0, 0.1) is 0 Å². The molecule has 9 heteroatoms. The van der Waals surface area contributed by atoms with Gasteiger partial charge in [0.25, 0.3) is 5.56 Å². The summed E-state index contributed by atoms with van der Waals surface area (Å²) in [5.74, 6) is -0.410. The minimum absolute atomic E-state index is 0.188. The first-order chi connectivity index (χ1) is 8.58. The molecular formula is C9H9N5O3S. The van der Waals surface area contributed by atoms with Crippen molar-refractivity contribution < 1.29 is 4.79 Å². The summed E-state index contributed by atoms with van der Waals surface area (Å²) >= 11 is 1.17. The van der Waals surface area contributed by atoms with Gasteiger partial charge < -0.3 is 0 Å². The van der Waals surface area contributed by atoms with Crippen molar-refractivity contribution in [2.45, 2.75) is 6.54 Å². The predicted octanol–water partition coefficient (Wildman–Crippen LogP) is -0.963. The third-order valence-corrected chi connectivity index (χ3v) is 2.79. The summed E-state index contributed by atoms with van der Waals surface area (Å²) in [4.78, 5) is 34.4. The van der Waals surface area contributed by atoms with Crippen molar-refractivity contribution in [2.75, 3.05) is 5.32 Å². The highest BCUT2D eigenvalue weighted by Gasteiger charge is 2.08. The van der Waals surface area contributed by atoms with E-state index in [1.54, 1.807) is 0 Å². The van der Waals surface area contributed by atoms with E-state index in [0.29, 0.717) is 5.13 Å². The van der Waals surface area contributed by atoms with Crippen molar-refractivity contribution in [1.82, 2.24) is 19.3 Å². The number of anilines is 1. The Kier molecular flexibility index (Phi) is 3.33. The summed E-state index contributed by atoms with van der Waals surface area (Å²) in [7, 11) is 1.35. The Morgan fingerprint density at radius 1 is 1.50 bits per heavy atom. The Hall–Kier alpha value is -2.29. The molecule has 0 radical (unpaired) electrons. The number of nitrogens with zero attached hydrogens (tertiary/aromatic N) is 4. The molecule has 0 atom stereocenters. The monoisotopic (exact) mass is 267 g/mol. The highest BCUT2D eigenvalue weighted by atomic mass is 32.1. The van der Waals surface area contributed by atoms with Crippen LogP contribution in [0.1, 0.15) is 0 Å². The normalized spacial score (nSPS) is 10.3. The highest BCUT2D eigenvalue weighted by Crippen LogP contribution is 2.07. The molecule has 2 aromatic rings. The third kappa shape index (κ3) is 2.51. The Morgan fingerprint density at radius 3 is 2.94 bits per heavy atom. The van der Waals surface area contributed by atoms with Crippen molar-refractivity contribution in [2.24, 2.45) is 7.05 Å². The van der Waals surface area contributed by atoms with Gasteiger partial charge in [0.1, 0.15) is 12.1 Å². The number of hydrogen-bond donors (Lipinski definition) is 1. The Morgan fingerprint density at radius 2 is 2.28 bits per heavy atom. The smallest absolute Gasteiger partial charge is 0.299 e. The zero-order valence-corrected chi connectivity index (χ0v) is 10.2. The van der Waals surface area contributed by atoms with E-state index in [1.807, 2.05) is 0 Å². The fraction of sp³-hybridized carbons (Fsp3) is 0.222. The molecule has 0 bridgehead atoms. The maximum atomic E-state index is 11.6. The number of hydrogen-bond acceptors (Lipinski definition) is 6. The minimum Gasteiger partial charge on any atom is -0.299 e. The molecule has 8 nitrogen and oxygen atoms in total. The molecule has 1 amide bonds. The number of rotatable bonds is 3. The molecule has 0 fully saturated rings. The van der Waals surface area contributed by atoms with Crippen LogP contribution in [-0.2, 0) is 18.4 Å². The lowest BCUT2D eigenvalue weighted by Gasteiger charge is -2.05. The Bertz CT molecular complexity index is 672. The van der Waals surface area contributed by atoms with Gasteiger partial charge in [-0.15, -0.1) is 10.2 Å². The summed E-state index contributed by atoms with van der Waals surface area (Å²) in [6.45, 7) is -0.188. The topological polar surface area (TPSA) is 98.9 Å². The van der Waals surface area contributed by atoms with Crippen LogP contribution >= 0.6 is 11.3 Å². The molecule has 0 aromatic carbocycles. The first kappa shape index (κ1) is 12.2. The Labute approximate surface area is 105 Å². The third-order valence-electron chi connectivity index (χ3n) is 2.18. The van der Waals surface area contributed by atoms with Crippen LogP contribution in [0.25, 0.3) is 0 Å². The number of carbonyl (C=O) groups is 1. The number of aromatic nitrogens is 4. The van der Waals surface area contributed by atoms with E-state index in [4.69, 9.17) is 0 Å². The summed E-state index contributed by atoms with van der Waals surface area (Å²) in [6.07, 6.45) is 1.28. The average molecular weight is 267 g/mol. The van der Waals surface area contributed by atoms with E-state index >= 15 is 0 Å². The SMILES string of the molecule is Cn1c(=O)ccn(CC(=O)Nc2nncs2)c1=O. The Balaban J connectivity index is 2.15. The molecule has 0 spiro atoms. The van der Waals surface area contributed by atoms with E-state index in [0.717, 1.165) is 9.13 Å². The maximum absolute atomic E-state index is 11.6. The highest BCUT2D eigenvalue weighted by molar-refractivity contribution is 7.13. The molecule has 0 aliphatic heterocycles. The molecule has 0 saturated carbocycles. The molecule has 1 N–H and O–H groups in total. The summed E-state index contributed by atoms with van der Waals surface area (Å²) in [6, 6.07) is 1.22. The molecule has 0 saturated heterocycles. The predicted molar refractivity (Wildman–Crippen MR) is 64.5 cm³/mol. The lowest BCUT2D eigenvalue weighted by atomic mass is 10.5. The summed E-state index contributed by atoms with van der Waals surface area (Å²) < 4.78 is 2.07. The van der Waals surface area contributed by atoms with Crippen molar-refractivity contribution in [3.05, 3.63) is 38.6 Å². The lowest BCUT2D eigenvalue weighted by molar-refractivity contribution is -0.116. The number of amides is 1. The molecule has 2 heterocycles. The van der Waals surface area contributed by atoms with Gasteiger partial charge in [0.15, 0.2) is 0 Å². The van der Waals surface area contributed by atoms with E-state index in [9.17, 15) is 14.4 Å². The zero-order chi connectivity index (χ0) is 13.1. The first-order valence-electron chi connectivity index (χ1n) is 4.90. The van der Waals surface area contributed by atoms with Crippen molar-refractivity contribution in [3.8, 4) is 0 Å². The fourth-order valence-electron chi connectivity index (χ4n) is 1.28. The summed E-state index contributed by atoms with van der Waals surface area (Å²) in [5, 5.41) is 10.1. The second-order valence-electron chi connectivity index (χ2n) is 3.42. The van der Waals surface area contributed by atoms with Gasteiger partial charge in [-0.25, -0.2) is 4.79 Å². The molecule has 0 unspecified atom stereocenters. The number of nitrogens with one attached hydrogen (secondary N) is 1. The van der Waals surface area contributed by atoms with Crippen molar-refractivity contribution in [3.63, 3.8) is 0 Å². The largest absolute Gasteiger partial charge is 0.331 e. The zero-order valence-electron chi connectivity index (χ0n) is 9.36. The maximum Gasteiger partial charge on any atom is 0.331 e.